The van der Waals surface area contributed by atoms with E-state index in [1.807, 2.05) is 30.3 Å². The number of anilines is 1. The fourth-order valence-electron chi connectivity index (χ4n) is 4.30. The van der Waals surface area contributed by atoms with Gasteiger partial charge in [0.05, 0.1) is 17.4 Å². The Morgan fingerprint density at radius 2 is 1.68 bits per heavy atom. The van der Waals surface area contributed by atoms with E-state index in [9.17, 15) is 14.0 Å². The summed E-state index contributed by atoms with van der Waals surface area (Å²) in [5, 5.41) is 3.33. The van der Waals surface area contributed by atoms with Crippen LogP contribution in [0.2, 0.25) is 0 Å². The van der Waals surface area contributed by atoms with E-state index in [1.165, 1.54) is 12.1 Å². The molecule has 6 nitrogen and oxygen atoms in total. The lowest BCUT2D eigenvalue weighted by Gasteiger charge is -2.22. The Balaban J connectivity index is 1.47. The van der Waals surface area contributed by atoms with Crippen LogP contribution in [0.25, 0.3) is 10.9 Å². The molecule has 0 spiro atoms. The Kier molecular flexibility index (Phi) is 6.08. The van der Waals surface area contributed by atoms with Crippen LogP contribution in [-0.2, 0) is 13.1 Å². The van der Waals surface area contributed by atoms with Crippen LogP contribution in [0.3, 0.4) is 0 Å². The second-order valence-corrected chi connectivity index (χ2v) is 8.52. The van der Waals surface area contributed by atoms with Gasteiger partial charge in [-0.25, -0.2) is 9.37 Å². The molecule has 0 atom stereocenters. The zero-order valence-electron chi connectivity index (χ0n) is 18.7. The van der Waals surface area contributed by atoms with Crippen molar-refractivity contribution in [2.45, 2.75) is 25.9 Å². The Hall–Kier alpha value is -4.00. The van der Waals surface area contributed by atoms with Crippen LogP contribution >= 0.6 is 0 Å². The number of hydrogen-bond donors (Lipinski definition) is 1. The number of halogens is 1. The third-order valence-corrected chi connectivity index (χ3v) is 6.14. The normalized spacial score (nSPS) is 13.4. The van der Waals surface area contributed by atoms with Crippen LogP contribution in [0.4, 0.5) is 10.3 Å². The SMILES string of the molecule is O=C(NCc1ccc(F)cc1)c1ccc2c(=O)n(Cc3ccccc3)c(N3CCCC3)nc2c1. The fourth-order valence-corrected chi connectivity index (χ4v) is 4.30. The average molecular weight is 457 g/mol. The minimum absolute atomic E-state index is 0.117. The van der Waals surface area contributed by atoms with E-state index in [-0.39, 0.29) is 23.8 Å². The number of nitrogens with one attached hydrogen (secondary N) is 1. The van der Waals surface area contributed by atoms with Crippen molar-refractivity contribution in [3.8, 4) is 0 Å². The Morgan fingerprint density at radius 3 is 2.41 bits per heavy atom. The summed E-state index contributed by atoms with van der Waals surface area (Å²) in [6.45, 7) is 2.42. The van der Waals surface area contributed by atoms with Gasteiger partial charge in [-0.15, -0.1) is 0 Å². The van der Waals surface area contributed by atoms with Crippen LogP contribution < -0.4 is 15.8 Å². The van der Waals surface area contributed by atoms with Gasteiger partial charge in [0.25, 0.3) is 11.5 Å². The number of benzene rings is 3. The molecule has 2 heterocycles. The molecule has 4 aromatic rings. The highest BCUT2D eigenvalue weighted by molar-refractivity contribution is 5.97. The van der Waals surface area contributed by atoms with Gasteiger partial charge in [-0.3, -0.25) is 14.2 Å². The van der Waals surface area contributed by atoms with Crippen molar-refractivity contribution < 1.29 is 9.18 Å². The first-order valence-electron chi connectivity index (χ1n) is 11.4. The molecule has 3 aromatic carbocycles. The van der Waals surface area contributed by atoms with Gasteiger partial charge < -0.3 is 10.2 Å². The summed E-state index contributed by atoms with van der Waals surface area (Å²) in [6, 6.07) is 20.9. The number of hydrogen-bond acceptors (Lipinski definition) is 4. The molecule has 1 N–H and O–H groups in total. The maximum Gasteiger partial charge on any atom is 0.263 e. The minimum Gasteiger partial charge on any atom is -0.348 e. The quantitative estimate of drug-likeness (QED) is 0.474. The summed E-state index contributed by atoms with van der Waals surface area (Å²) in [4.78, 5) is 33.2. The molecule has 1 saturated heterocycles. The lowest BCUT2D eigenvalue weighted by Crippen LogP contribution is -2.31. The number of aromatic nitrogens is 2. The van der Waals surface area contributed by atoms with Gasteiger partial charge in [-0.05, 0) is 54.3 Å². The maximum atomic E-state index is 13.5. The molecule has 7 heteroatoms. The van der Waals surface area contributed by atoms with Crippen LogP contribution in [0, 0.1) is 5.82 Å². The average Bonchev–Trinajstić information content (AvgIpc) is 3.40. The molecule has 0 unspecified atom stereocenters. The highest BCUT2D eigenvalue weighted by atomic mass is 19.1. The molecule has 34 heavy (non-hydrogen) atoms. The Labute approximate surface area is 196 Å². The highest BCUT2D eigenvalue weighted by Gasteiger charge is 2.21. The molecule has 0 bridgehead atoms. The summed E-state index contributed by atoms with van der Waals surface area (Å²) in [5.74, 6) is 0.0503. The van der Waals surface area contributed by atoms with Crippen molar-refractivity contribution in [1.29, 1.82) is 0 Å². The molecule has 0 radical (unpaired) electrons. The molecule has 1 aromatic heterocycles. The van der Waals surface area contributed by atoms with Gasteiger partial charge in [0, 0.05) is 25.2 Å². The van der Waals surface area contributed by atoms with Crippen LogP contribution in [0.15, 0.2) is 77.6 Å². The van der Waals surface area contributed by atoms with Crippen LogP contribution in [-0.4, -0.2) is 28.5 Å². The first-order valence-corrected chi connectivity index (χ1v) is 11.4. The second kappa shape index (κ2) is 9.47. The van der Waals surface area contributed by atoms with Crippen LogP contribution in [0.1, 0.15) is 34.3 Å². The van der Waals surface area contributed by atoms with Gasteiger partial charge in [-0.2, -0.15) is 0 Å². The third-order valence-electron chi connectivity index (χ3n) is 6.14. The molecule has 172 valence electrons. The van der Waals surface area contributed by atoms with Gasteiger partial charge in [-0.1, -0.05) is 42.5 Å². The number of fused-ring (bicyclic) bond motifs is 1. The minimum atomic E-state index is -0.317. The lowest BCUT2D eigenvalue weighted by molar-refractivity contribution is 0.0951. The monoisotopic (exact) mass is 456 g/mol. The summed E-state index contributed by atoms with van der Waals surface area (Å²) in [7, 11) is 0. The van der Waals surface area contributed by atoms with Crippen molar-refractivity contribution in [3.63, 3.8) is 0 Å². The molecule has 5 rings (SSSR count). The Bertz CT molecular complexity index is 1380. The number of carbonyl (C=O) groups is 1. The van der Waals surface area contributed by atoms with E-state index < -0.39 is 0 Å². The summed E-state index contributed by atoms with van der Waals surface area (Å²) in [5.41, 5.74) is 2.64. The van der Waals surface area contributed by atoms with E-state index in [2.05, 4.69) is 10.2 Å². The van der Waals surface area contributed by atoms with E-state index in [0.717, 1.165) is 37.1 Å². The molecule has 1 aliphatic heterocycles. The first kappa shape index (κ1) is 21.8. The lowest BCUT2D eigenvalue weighted by atomic mass is 10.1. The smallest absolute Gasteiger partial charge is 0.263 e. The fraction of sp³-hybridized carbons (Fsp3) is 0.222. The Morgan fingerprint density at radius 1 is 0.941 bits per heavy atom. The molecular weight excluding hydrogens is 431 g/mol. The highest BCUT2D eigenvalue weighted by Crippen LogP contribution is 2.21. The number of carbonyl (C=O) groups excluding carboxylic acids is 1. The molecule has 1 aliphatic rings. The number of nitrogens with zero attached hydrogens (tertiary/aromatic N) is 3. The molecule has 0 aliphatic carbocycles. The second-order valence-electron chi connectivity index (χ2n) is 8.52. The van der Waals surface area contributed by atoms with Crippen molar-refractivity contribution >= 4 is 22.8 Å². The molecule has 1 fully saturated rings. The van der Waals surface area contributed by atoms with Crippen LogP contribution in [0.5, 0.6) is 0 Å². The molecular formula is C27H25FN4O2. The summed E-state index contributed by atoms with van der Waals surface area (Å²) >= 11 is 0. The first-order chi connectivity index (χ1) is 16.6. The number of rotatable bonds is 6. The molecule has 1 amide bonds. The van der Waals surface area contributed by atoms with E-state index in [0.29, 0.717) is 29.0 Å². The van der Waals surface area contributed by atoms with Crippen molar-refractivity contribution in [3.05, 3.63) is 106 Å². The standard InChI is InChI=1S/C27H25FN4O2/c28-22-11-8-19(9-12-22)17-29-25(33)21-10-13-23-24(16-21)30-27(31-14-4-5-15-31)32(26(23)34)18-20-6-2-1-3-7-20/h1-3,6-13,16H,4-5,14-15,17-18H2,(H,29,33). The van der Waals surface area contributed by atoms with Gasteiger partial charge in [0.15, 0.2) is 0 Å². The summed E-state index contributed by atoms with van der Waals surface area (Å²) in [6.07, 6.45) is 2.12. The third kappa shape index (κ3) is 4.55. The zero-order valence-corrected chi connectivity index (χ0v) is 18.7. The van der Waals surface area contributed by atoms with Crippen molar-refractivity contribution in [2.75, 3.05) is 18.0 Å². The van der Waals surface area contributed by atoms with Crippen molar-refractivity contribution in [1.82, 2.24) is 14.9 Å². The maximum absolute atomic E-state index is 13.5. The van der Waals surface area contributed by atoms with Crippen molar-refractivity contribution in [2.24, 2.45) is 0 Å². The number of amides is 1. The van der Waals surface area contributed by atoms with E-state index in [1.54, 1.807) is 34.9 Å². The molecule has 0 saturated carbocycles. The summed E-state index contributed by atoms with van der Waals surface area (Å²) < 4.78 is 14.8. The van der Waals surface area contributed by atoms with Gasteiger partial charge in [0.1, 0.15) is 5.82 Å². The van der Waals surface area contributed by atoms with Gasteiger partial charge in [0.2, 0.25) is 5.95 Å². The van der Waals surface area contributed by atoms with E-state index in [4.69, 9.17) is 4.98 Å². The zero-order chi connectivity index (χ0) is 23.5. The predicted octanol–water partition coefficient (Wildman–Crippen LogP) is 4.11. The predicted molar refractivity (Wildman–Crippen MR) is 131 cm³/mol. The topological polar surface area (TPSA) is 67.2 Å². The van der Waals surface area contributed by atoms with E-state index >= 15 is 0 Å². The van der Waals surface area contributed by atoms with Gasteiger partial charge >= 0.3 is 0 Å². The largest absolute Gasteiger partial charge is 0.348 e.